The molecular weight excluding hydrogens is 208 g/mol. The maximum Gasteiger partial charge on any atom is 0.0555 e. The summed E-state index contributed by atoms with van der Waals surface area (Å²) >= 11 is 0. The molecule has 2 rings (SSSR count). The fourth-order valence-electron chi connectivity index (χ4n) is 1.96. The van der Waals surface area contributed by atoms with Gasteiger partial charge in [0.15, 0.2) is 0 Å². The lowest BCUT2D eigenvalue weighted by atomic mass is 10.1. The largest absolute Gasteiger partial charge is 0.320 e. The first-order valence-corrected chi connectivity index (χ1v) is 6.24. The zero-order chi connectivity index (χ0) is 12.1. The number of benzene rings is 1. The van der Waals surface area contributed by atoms with Crippen LogP contribution in [-0.4, -0.2) is 25.0 Å². The fraction of sp³-hybridized carbons (Fsp3) is 0.467. The van der Waals surface area contributed by atoms with Gasteiger partial charge in [-0.1, -0.05) is 24.0 Å². The maximum atomic E-state index is 5.34. The van der Waals surface area contributed by atoms with Crippen molar-refractivity contribution in [2.45, 2.75) is 19.4 Å². The molecule has 0 atom stereocenters. The van der Waals surface area contributed by atoms with E-state index in [2.05, 4.69) is 48.1 Å². The van der Waals surface area contributed by atoms with Crippen molar-refractivity contribution in [1.29, 1.82) is 0 Å². The average Bonchev–Trinajstić information content (AvgIpc) is 3.12. The molecule has 1 aromatic rings. The summed E-state index contributed by atoms with van der Waals surface area (Å²) < 4.78 is 0. The normalized spacial score (nSPS) is 14.5. The van der Waals surface area contributed by atoms with Crippen molar-refractivity contribution in [2.24, 2.45) is 11.7 Å². The van der Waals surface area contributed by atoms with Gasteiger partial charge in [0.2, 0.25) is 0 Å². The Balaban J connectivity index is 1.88. The summed E-state index contributed by atoms with van der Waals surface area (Å²) in [6.07, 6.45) is 2.83. The Kier molecular flexibility index (Phi) is 4.19. The lowest BCUT2D eigenvalue weighted by Gasteiger charge is -2.16. The van der Waals surface area contributed by atoms with Gasteiger partial charge in [-0.05, 0) is 43.5 Å². The first kappa shape index (κ1) is 12.2. The van der Waals surface area contributed by atoms with Crippen LogP contribution in [0.2, 0.25) is 0 Å². The Morgan fingerprint density at radius 1 is 1.29 bits per heavy atom. The first-order chi connectivity index (χ1) is 8.28. The van der Waals surface area contributed by atoms with E-state index in [-0.39, 0.29) is 0 Å². The molecule has 0 saturated heterocycles. The summed E-state index contributed by atoms with van der Waals surface area (Å²) in [5.74, 6) is 6.86. The molecule has 0 spiro atoms. The second-order valence-corrected chi connectivity index (χ2v) is 4.84. The predicted molar refractivity (Wildman–Crippen MR) is 71.4 cm³/mol. The van der Waals surface area contributed by atoms with Crippen molar-refractivity contribution < 1.29 is 0 Å². The third kappa shape index (κ3) is 4.22. The summed E-state index contributed by atoms with van der Waals surface area (Å²) in [7, 11) is 2.19. The van der Waals surface area contributed by atoms with Crippen molar-refractivity contribution in [3.8, 4) is 11.8 Å². The molecule has 0 aliphatic heterocycles. The molecule has 0 aromatic heterocycles. The quantitative estimate of drug-likeness (QED) is 0.797. The highest BCUT2D eigenvalue weighted by Crippen LogP contribution is 2.29. The molecule has 2 heteroatoms. The third-order valence-corrected chi connectivity index (χ3v) is 3.01. The minimum atomic E-state index is 0.422. The third-order valence-electron chi connectivity index (χ3n) is 3.01. The van der Waals surface area contributed by atoms with E-state index in [1.807, 2.05) is 0 Å². The van der Waals surface area contributed by atoms with Crippen LogP contribution in [0.5, 0.6) is 0 Å². The minimum Gasteiger partial charge on any atom is -0.320 e. The highest BCUT2D eigenvalue weighted by molar-refractivity contribution is 5.36. The predicted octanol–water partition coefficient (Wildman–Crippen LogP) is 1.84. The zero-order valence-electron chi connectivity index (χ0n) is 10.4. The second-order valence-electron chi connectivity index (χ2n) is 4.84. The Morgan fingerprint density at radius 3 is 2.59 bits per heavy atom. The molecule has 17 heavy (non-hydrogen) atoms. The Bertz CT molecular complexity index is 407. The lowest BCUT2D eigenvalue weighted by Crippen LogP contribution is -2.20. The van der Waals surface area contributed by atoms with Gasteiger partial charge in [0.05, 0.1) is 6.54 Å². The van der Waals surface area contributed by atoms with E-state index in [1.54, 1.807) is 0 Å². The number of nitrogens with two attached hydrogens (primary N) is 1. The summed E-state index contributed by atoms with van der Waals surface area (Å²) in [6.45, 7) is 2.68. The molecule has 2 nitrogen and oxygen atoms in total. The Labute approximate surface area is 104 Å². The van der Waals surface area contributed by atoms with Gasteiger partial charge in [0, 0.05) is 18.7 Å². The zero-order valence-corrected chi connectivity index (χ0v) is 10.4. The molecule has 90 valence electrons. The second kappa shape index (κ2) is 5.86. The monoisotopic (exact) mass is 228 g/mol. The molecule has 1 saturated carbocycles. The summed E-state index contributed by atoms with van der Waals surface area (Å²) in [6, 6.07) is 8.46. The van der Waals surface area contributed by atoms with Crippen LogP contribution in [-0.2, 0) is 6.54 Å². The van der Waals surface area contributed by atoms with Crippen LogP contribution in [0, 0.1) is 17.8 Å². The molecule has 0 heterocycles. The van der Waals surface area contributed by atoms with Crippen molar-refractivity contribution in [3.05, 3.63) is 35.4 Å². The van der Waals surface area contributed by atoms with E-state index >= 15 is 0 Å². The van der Waals surface area contributed by atoms with E-state index in [0.29, 0.717) is 6.54 Å². The molecule has 2 N–H and O–H groups in total. The molecule has 0 radical (unpaired) electrons. The van der Waals surface area contributed by atoms with Crippen LogP contribution < -0.4 is 5.73 Å². The Hall–Kier alpha value is -1.30. The number of nitrogens with zero attached hydrogens (tertiary/aromatic N) is 1. The Morgan fingerprint density at radius 2 is 2.00 bits per heavy atom. The van der Waals surface area contributed by atoms with E-state index in [1.165, 1.54) is 24.9 Å². The van der Waals surface area contributed by atoms with Crippen molar-refractivity contribution in [2.75, 3.05) is 20.1 Å². The number of hydrogen-bond acceptors (Lipinski definition) is 2. The smallest absolute Gasteiger partial charge is 0.0555 e. The number of hydrogen-bond donors (Lipinski definition) is 1. The van der Waals surface area contributed by atoms with Crippen molar-refractivity contribution in [3.63, 3.8) is 0 Å². The molecule has 1 fully saturated rings. The summed E-state index contributed by atoms with van der Waals surface area (Å²) in [5.41, 5.74) is 7.74. The molecule has 0 amide bonds. The topological polar surface area (TPSA) is 29.3 Å². The average molecular weight is 228 g/mol. The summed E-state index contributed by atoms with van der Waals surface area (Å²) in [5, 5.41) is 0. The lowest BCUT2D eigenvalue weighted by molar-refractivity contribution is 0.313. The minimum absolute atomic E-state index is 0.422. The van der Waals surface area contributed by atoms with Crippen molar-refractivity contribution in [1.82, 2.24) is 4.90 Å². The van der Waals surface area contributed by atoms with Gasteiger partial charge >= 0.3 is 0 Å². The molecule has 0 unspecified atom stereocenters. The molecule has 0 bridgehead atoms. The van der Waals surface area contributed by atoms with Crippen LogP contribution in [0.3, 0.4) is 0 Å². The first-order valence-electron chi connectivity index (χ1n) is 6.24. The van der Waals surface area contributed by atoms with E-state index in [9.17, 15) is 0 Å². The van der Waals surface area contributed by atoms with E-state index < -0.39 is 0 Å². The van der Waals surface area contributed by atoms with E-state index in [4.69, 9.17) is 5.73 Å². The van der Waals surface area contributed by atoms with Gasteiger partial charge in [-0.15, -0.1) is 0 Å². The summed E-state index contributed by atoms with van der Waals surface area (Å²) in [4.78, 5) is 2.40. The highest BCUT2D eigenvalue weighted by atomic mass is 15.1. The van der Waals surface area contributed by atoms with Crippen LogP contribution in [0.1, 0.15) is 24.0 Å². The van der Waals surface area contributed by atoms with Crippen LogP contribution in [0.4, 0.5) is 0 Å². The van der Waals surface area contributed by atoms with Gasteiger partial charge in [-0.2, -0.15) is 0 Å². The van der Waals surface area contributed by atoms with Gasteiger partial charge in [-0.3, -0.25) is 0 Å². The standard InChI is InChI=1S/C15H20N2/c1-17(12-15-8-9-15)11-14-6-4-13(5-7-14)3-2-10-16/h4-7,15H,8-12,16H2,1H3. The molecular formula is C15H20N2. The highest BCUT2D eigenvalue weighted by Gasteiger charge is 2.22. The fourth-order valence-corrected chi connectivity index (χ4v) is 1.96. The molecule has 1 aliphatic rings. The van der Waals surface area contributed by atoms with Crippen LogP contribution >= 0.6 is 0 Å². The molecule has 1 aliphatic carbocycles. The van der Waals surface area contributed by atoms with Crippen LogP contribution in [0.25, 0.3) is 0 Å². The molecule has 1 aromatic carbocycles. The SMILES string of the molecule is CN(Cc1ccc(C#CCN)cc1)CC1CC1. The van der Waals surface area contributed by atoms with Gasteiger partial charge in [-0.25, -0.2) is 0 Å². The van der Waals surface area contributed by atoms with Crippen molar-refractivity contribution >= 4 is 0 Å². The van der Waals surface area contributed by atoms with Crippen LogP contribution in [0.15, 0.2) is 24.3 Å². The van der Waals surface area contributed by atoms with Gasteiger partial charge < -0.3 is 10.6 Å². The van der Waals surface area contributed by atoms with Gasteiger partial charge in [0.25, 0.3) is 0 Å². The maximum absolute atomic E-state index is 5.34. The van der Waals surface area contributed by atoms with E-state index in [0.717, 1.165) is 18.0 Å². The van der Waals surface area contributed by atoms with Gasteiger partial charge in [0.1, 0.15) is 0 Å². The number of rotatable bonds is 4.